The predicted molar refractivity (Wildman–Crippen MR) is 102 cm³/mol. The van der Waals surface area contributed by atoms with Gasteiger partial charge >= 0.3 is 0 Å². The smallest absolute Gasteiger partial charge is 0.265 e. The minimum atomic E-state index is -0.597. The molecule has 4 rings (SSSR count). The van der Waals surface area contributed by atoms with E-state index in [1.165, 1.54) is 4.80 Å². The van der Waals surface area contributed by atoms with E-state index in [1.807, 2.05) is 43.3 Å². The second-order valence-corrected chi connectivity index (χ2v) is 6.38. The molecular formula is C18H16ClN7O. The number of amides is 1. The van der Waals surface area contributed by atoms with Crippen molar-refractivity contribution in [3.05, 3.63) is 59.9 Å². The molecule has 0 saturated carbocycles. The lowest BCUT2D eigenvalue weighted by Crippen LogP contribution is -2.32. The maximum absolute atomic E-state index is 12.8. The lowest BCUT2D eigenvalue weighted by atomic mass is 10.2. The molecule has 27 heavy (non-hydrogen) atoms. The van der Waals surface area contributed by atoms with Crippen molar-refractivity contribution >= 4 is 28.5 Å². The van der Waals surface area contributed by atoms with Crippen LogP contribution in [0.1, 0.15) is 19.4 Å². The summed E-state index contributed by atoms with van der Waals surface area (Å²) in [6.07, 6.45) is 2.08. The third-order valence-electron chi connectivity index (χ3n) is 4.18. The Morgan fingerprint density at radius 2 is 1.96 bits per heavy atom. The van der Waals surface area contributed by atoms with Gasteiger partial charge in [0.25, 0.3) is 5.91 Å². The molecule has 136 valence electrons. The molecule has 2 heterocycles. The molecule has 0 saturated heterocycles. The molecule has 1 amide bonds. The van der Waals surface area contributed by atoms with E-state index in [2.05, 4.69) is 25.8 Å². The zero-order chi connectivity index (χ0) is 18.8. The Bertz CT molecular complexity index is 1090. The lowest BCUT2D eigenvalue weighted by molar-refractivity contribution is -0.120. The number of imidazole rings is 1. The van der Waals surface area contributed by atoms with Crippen LogP contribution in [0.5, 0.6) is 0 Å². The fourth-order valence-corrected chi connectivity index (χ4v) is 2.89. The Hall–Kier alpha value is -3.26. The van der Waals surface area contributed by atoms with Gasteiger partial charge in [-0.05, 0) is 48.0 Å². The van der Waals surface area contributed by atoms with E-state index in [9.17, 15) is 4.79 Å². The standard InChI is InChI=1S/C18H16ClN7O/c1-2-15(18(27)23-25-11-20-14-5-3-4-6-16(14)25)26-22-17(21-24-26)12-7-9-13(19)10-8-12/h3-11,15H,2H2,1H3,(H,23,27). The Labute approximate surface area is 159 Å². The van der Waals surface area contributed by atoms with Crippen molar-refractivity contribution in [3.8, 4) is 11.4 Å². The second-order valence-electron chi connectivity index (χ2n) is 5.94. The third kappa shape index (κ3) is 3.39. The maximum Gasteiger partial charge on any atom is 0.265 e. The van der Waals surface area contributed by atoms with Crippen LogP contribution >= 0.6 is 11.6 Å². The van der Waals surface area contributed by atoms with Crippen molar-refractivity contribution in [1.82, 2.24) is 29.9 Å². The monoisotopic (exact) mass is 381 g/mol. The number of rotatable bonds is 5. The van der Waals surface area contributed by atoms with Crippen molar-refractivity contribution in [2.45, 2.75) is 19.4 Å². The fraction of sp³-hybridized carbons (Fsp3) is 0.167. The molecule has 2 aromatic carbocycles. The molecule has 9 heteroatoms. The van der Waals surface area contributed by atoms with Crippen LogP contribution in [0.15, 0.2) is 54.9 Å². The van der Waals surface area contributed by atoms with Crippen LogP contribution in [0, 0.1) is 0 Å². The first-order valence-corrected chi connectivity index (χ1v) is 8.82. The molecule has 0 radical (unpaired) electrons. The maximum atomic E-state index is 12.8. The summed E-state index contributed by atoms with van der Waals surface area (Å²) in [6, 6.07) is 14.1. The Morgan fingerprint density at radius 3 is 2.74 bits per heavy atom. The molecular weight excluding hydrogens is 366 g/mol. The van der Waals surface area contributed by atoms with Gasteiger partial charge in [0.05, 0.1) is 11.0 Å². The van der Waals surface area contributed by atoms with Crippen molar-refractivity contribution in [2.75, 3.05) is 5.43 Å². The first-order valence-electron chi connectivity index (χ1n) is 8.44. The van der Waals surface area contributed by atoms with E-state index in [1.54, 1.807) is 23.1 Å². The highest BCUT2D eigenvalue weighted by Gasteiger charge is 2.22. The van der Waals surface area contributed by atoms with Crippen LogP contribution in [-0.2, 0) is 4.79 Å². The molecule has 8 nitrogen and oxygen atoms in total. The van der Waals surface area contributed by atoms with Crippen molar-refractivity contribution in [2.24, 2.45) is 0 Å². The van der Waals surface area contributed by atoms with Gasteiger partial charge in [0.1, 0.15) is 6.33 Å². The van der Waals surface area contributed by atoms with Gasteiger partial charge in [0, 0.05) is 10.6 Å². The summed E-state index contributed by atoms with van der Waals surface area (Å²) in [4.78, 5) is 18.4. The Morgan fingerprint density at radius 1 is 1.19 bits per heavy atom. The number of tetrazole rings is 1. The number of halogens is 1. The van der Waals surface area contributed by atoms with Crippen LogP contribution in [0.4, 0.5) is 0 Å². The molecule has 0 aliphatic rings. The predicted octanol–water partition coefficient (Wildman–Crippen LogP) is 3.06. The number of carbonyl (C=O) groups excluding carboxylic acids is 1. The number of nitrogens with zero attached hydrogens (tertiary/aromatic N) is 6. The van der Waals surface area contributed by atoms with Gasteiger partial charge in [0.2, 0.25) is 5.82 Å². The average Bonchev–Trinajstić information content (AvgIpc) is 3.31. The first kappa shape index (κ1) is 17.2. The zero-order valence-electron chi connectivity index (χ0n) is 14.5. The van der Waals surface area contributed by atoms with Crippen molar-refractivity contribution in [3.63, 3.8) is 0 Å². The summed E-state index contributed by atoms with van der Waals surface area (Å²) in [5, 5.41) is 13.1. The van der Waals surface area contributed by atoms with Gasteiger partial charge in [0.15, 0.2) is 6.04 Å². The molecule has 0 bridgehead atoms. The average molecular weight is 382 g/mol. The zero-order valence-corrected chi connectivity index (χ0v) is 15.2. The van der Waals surface area contributed by atoms with Gasteiger partial charge in [-0.3, -0.25) is 10.2 Å². The van der Waals surface area contributed by atoms with Crippen LogP contribution in [0.3, 0.4) is 0 Å². The van der Waals surface area contributed by atoms with E-state index in [0.717, 1.165) is 16.6 Å². The molecule has 1 atom stereocenters. The van der Waals surface area contributed by atoms with Gasteiger partial charge in [-0.15, -0.1) is 10.2 Å². The Balaban J connectivity index is 1.56. The van der Waals surface area contributed by atoms with Crippen LogP contribution in [0.25, 0.3) is 22.4 Å². The molecule has 0 fully saturated rings. The third-order valence-corrected chi connectivity index (χ3v) is 4.43. The molecule has 1 N–H and O–H groups in total. The number of para-hydroxylation sites is 2. The number of fused-ring (bicyclic) bond motifs is 1. The molecule has 1 unspecified atom stereocenters. The molecule has 0 spiro atoms. The number of hydrogen-bond acceptors (Lipinski definition) is 5. The van der Waals surface area contributed by atoms with Crippen LogP contribution in [0.2, 0.25) is 5.02 Å². The second kappa shape index (κ2) is 7.16. The highest BCUT2D eigenvalue weighted by molar-refractivity contribution is 6.30. The summed E-state index contributed by atoms with van der Waals surface area (Å²) in [6.45, 7) is 1.89. The quantitative estimate of drug-likeness (QED) is 0.573. The van der Waals surface area contributed by atoms with Gasteiger partial charge < -0.3 is 0 Å². The number of nitrogens with one attached hydrogen (secondary N) is 1. The lowest BCUT2D eigenvalue weighted by Gasteiger charge is -2.14. The first-order chi connectivity index (χ1) is 13.2. The van der Waals surface area contributed by atoms with E-state index < -0.39 is 6.04 Å². The highest BCUT2D eigenvalue weighted by atomic mass is 35.5. The van der Waals surface area contributed by atoms with E-state index in [-0.39, 0.29) is 5.91 Å². The van der Waals surface area contributed by atoms with E-state index in [4.69, 9.17) is 11.6 Å². The number of carbonyl (C=O) groups is 1. The molecule has 2 aromatic heterocycles. The summed E-state index contributed by atoms with van der Waals surface area (Å²) in [7, 11) is 0. The van der Waals surface area contributed by atoms with Crippen LogP contribution in [-0.4, -0.2) is 35.8 Å². The van der Waals surface area contributed by atoms with Gasteiger partial charge in [-0.2, -0.15) is 4.80 Å². The largest absolute Gasteiger partial charge is 0.271 e. The van der Waals surface area contributed by atoms with E-state index in [0.29, 0.717) is 17.3 Å². The fourth-order valence-electron chi connectivity index (χ4n) is 2.77. The SMILES string of the molecule is CCC(C(=O)Nn1cnc2ccccc21)n1nnc(-c2ccc(Cl)cc2)n1. The normalized spacial score (nSPS) is 12.2. The summed E-state index contributed by atoms with van der Waals surface area (Å²) in [5.41, 5.74) is 5.23. The van der Waals surface area contributed by atoms with Gasteiger partial charge in [-0.1, -0.05) is 30.7 Å². The van der Waals surface area contributed by atoms with Crippen LogP contribution < -0.4 is 5.43 Å². The summed E-state index contributed by atoms with van der Waals surface area (Å²) < 4.78 is 1.59. The van der Waals surface area contributed by atoms with Gasteiger partial charge in [-0.25, -0.2) is 9.66 Å². The summed E-state index contributed by atoms with van der Waals surface area (Å²) >= 11 is 5.91. The number of hydrogen-bond donors (Lipinski definition) is 1. The number of aromatic nitrogens is 6. The minimum Gasteiger partial charge on any atom is -0.271 e. The van der Waals surface area contributed by atoms with E-state index >= 15 is 0 Å². The highest BCUT2D eigenvalue weighted by Crippen LogP contribution is 2.19. The van der Waals surface area contributed by atoms with Crippen molar-refractivity contribution < 1.29 is 4.79 Å². The Kier molecular flexibility index (Phi) is 4.55. The topological polar surface area (TPSA) is 90.5 Å². The number of benzene rings is 2. The molecule has 0 aliphatic carbocycles. The summed E-state index contributed by atoms with van der Waals surface area (Å²) in [5.74, 6) is 0.187. The molecule has 4 aromatic rings. The van der Waals surface area contributed by atoms with Crippen molar-refractivity contribution in [1.29, 1.82) is 0 Å². The minimum absolute atomic E-state index is 0.249. The molecule has 0 aliphatic heterocycles.